The van der Waals surface area contributed by atoms with Gasteiger partial charge in [-0.25, -0.2) is 0 Å². The Morgan fingerprint density at radius 2 is 2.16 bits per heavy atom. The number of methoxy groups -OCH3 is 1. The van der Waals surface area contributed by atoms with Crippen molar-refractivity contribution in [3.63, 3.8) is 0 Å². The van der Waals surface area contributed by atoms with Gasteiger partial charge in [-0.3, -0.25) is 9.69 Å². The lowest BCUT2D eigenvalue weighted by Gasteiger charge is -2.36. The number of aliphatic carboxylic acids is 1. The maximum absolute atomic E-state index is 11.7. The predicted molar refractivity (Wildman–Crippen MR) is 75.3 cm³/mol. The number of rotatable bonds is 10. The minimum Gasteiger partial charge on any atom is -0.480 e. The predicted octanol–water partition coefficient (Wildman–Crippen LogP) is 1.04. The molecule has 0 aliphatic heterocycles. The van der Waals surface area contributed by atoms with Crippen LogP contribution in [0.25, 0.3) is 0 Å². The number of carbonyl (C=O) groups is 1. The number of ether oxygens (including phenoxy) is 1. The summed E-state index contributed by atoms with van der Waals surface area (Å²) in [6.45, 7) is 7.16. The lowest BCUT2D eigenvalue weighted by molar-refractivity contribution is -0.147. The molecule has 19 heavy (non-hydrogen) atoms. The Morgan fingerprint density at radius 3 is 2.53 bits per heavy atom. The van der Waals surface area contributed by atoms with Crippen LogP contribution in [0.15, 0.2) is 0 Å². The Balaban J connectivity index is 2.74. The molecule has 1 atom stereocenters. The van der Waals surface area contributed by atoms with Gasteiger partial charge in [-0.05, 0) is 31.7 Å². The van der Waals surface area contributed by atoms with E-state index in [1.165, 1.54) is 0 Å². The molecule has 1 unspecified atom stereocenters. The van der Waals surface area contributed by atoms with E-state index in [4.69, 9.17) is 4.74 Å². The number of likely N-dealkylation sites (N-methyl/N-ethyl adjacent to an activating group) is 1. The summed E-state index contributed by atoms with van der Waals surface area (Å²) in [4.78, 5) is 13.9. The molecule has 0 aromatic rings. The lowest BCUT2D eigenvalue weighted by Crippen LogP contribution is -2.60. The molecular weight excluding hydrogens is 244 g/mol. The van der Waals surface area contributed by atoms with Crippen LogP contribution in [0.1, 0.15) is 26.7 Å². The summed E-state index contributed by atoms with van der Waals surface area (Å²) >= 11 is 0. The van der Waals surface area contributed by atoms with Crippen LogP contribution >= 0.6 is 0 Å². The van der Waals surface area contributed by atoms with Crippen LogP contribution in [-0.2, 0) is 9.53 Å². The molecule has 1 aliphatic carbocycles. The van der Waals surface area contributed by atoms with Crippen LogP contribution in [0.5, 0.6) is 0 Å². The van der Waals surface area contributed by atoms with Gasteiger partial charge in [0.15, 0.2) is 0 Å². The van der Waals surface area contributed by atoms with Crippen molar-refractivity contribution < 1.29 is 14.6 Å². The van der Waals surface area contributed by atoms with Crippen molar-refractivity contribution in [3.8, 4) is 0 Å². The fourth-order valence-electron chi connectivity index (χ4n) is 2.66. The third-order valence-electron chi connectivity index (χ3n) is 3.81. The molecule has 2 N–H and O–H groups in total. The third kappa shape index (κ3) is 4.44. The zero-order valence-corrected chi connectivity index (χ0v) is 12.6. The highest BCUT2D eigenvalue weighted by Gasteiger charge is 2.51. The van der Waals surface area contributed by atoms with Gasteiger partial charge in [0.1, 0.15) is 5.54 Å². The van der Waals surface area contributed by atoms with E-state index in [1.807, 2.05) is 0 Å². The average Bonchev–Trinajstić information content (AvgIpc) is 3.16. The van der Waals surface area contributed by atoms with Gasteiger partial charge in [0.05, 0.1) is 6.61 Å². The number of nitrogens with zero attached hydrogens (tertiary/aromatic N) is 1. The molecule has 1 fully saturated rings. The highest BCUT2D eigenvalue weighted by molar-refractivity contribution is 5.80. The molecule has 0 heterocycles. The molecule has 5 nitrogen and oxygen atoms in total. The molecule has 5 heteroatoms. The van der Waals surface area contributed by atoms with E-state index in [9.17, 15) is 9.90 Å². The zero-order valence-electron chi connectivity index (χ0n) is 12.6. The maximum Gasteiger partial charge on any atom is 0.325 e. The molecule has 0 amide bonds. The van der Waals surface area contributed by atoms with Crippen LogP contribution in [0, 0.1) is 11.8 Å². The standard InChI is InChI=1S/C14H28N2O3/c1-11(2)9-16(7-8-19-4)10-14(15-3,13(17)18)12-5-6-12/h11-12,15H,5-10H2,1-4H3,(H,17,18). The Hall–Kier alpha value is -0.650. The first-order valence-corrected chi connectivity index (χ1v) is 7.10. The van der Waals surface area contributed by atoms with Gasteiger partial charge in [0.2, 0.25) is 0 Å². The van der Waals surface area contributed by atoms with Gasteiger partial charge in [-0.1, -0.05) is 13.8 Å². The third-order valence-corrected chi connectivity index (χ3v) is 3.81. The van der Waals surface area contributed by atoms with Crippen LogP contribution < -0.4 is 5.32 Å². The van der Waals surface area contributed by atoms with Gasteiger partial charge >= 0.3 is 5.97 Å². The van der Waals surface area contributed by atoms with Crippen LogP contribution in [0.3, 0.4) is 0 Å². The van der Waals surface area contributed by atoms with Crippen molar-refractivity contribution in [2.45, 2.75) is 32.2 Å². The second kappa shape index (κ2) is 7.22. The summed E-state index contributed by atoms with van der Waals surface area (Å²) in [5.74, 6) is 0.0373. The van der Waals surface area contributed by atoms with Gasteiger partial charge < -0.3 is 15.2 Å². The second-order valence-corrected chi connectivity index (χ2v) is 5.92. The van der Waals surface area contributed by atoms with E-state index in [0.717, 1.165) is 25.9 Å². The Kier molecular flexibility index (Phi) is 6.23. The SMILES string of the molecule is CNC(CN(CCOC)CC(C)C)(C(=O)O)C1CC1. The number of nitrogens with one attached hydrogen (secondary N) is 1. The van der Waals surface area contributed by atoms with Gasteiger partial charge in [0, 0.05) is 26.7 Å². The van der Waals surface area contributed by atoms with E-state index in [-0.39, 0.29) is 5.92 Å². The average molecular weight is 272 g/mol. The molecule has 0 radical (unpaired) electrons. The molecule has 0 aromatic heterocycles. The Labute approximate surface area is 116 Å². The van der Waals surface area contributed by atoms with E-state index in [2.05, 4.69) is 24.1 Å². The lowest BCUT2D eigenvalue weighted by atomic mass is 9.92. The first kappa shape index (κ1) is 16.4. The molecule has 0 bridgehead atoms. The smallest absolute Gasteiger partial charge is 0.325 e. The van der Waals surface area contributed by atoms with Crippen molar-refractivity contribution in [1.82, 2.24) is 10.2 Å². The summed E-state index contributed by atoms with van der Waals surface area (Å²) < 4.78 is 5.13. The number of hydrogen-bond acceptors (Lipinski definition) is 4. The minimum absolute atomic E-state index is 0.257. The maximum atomic E-state index is 11.7. The summed E-state index contributed by atoms with van der Waals surface area (Å²) in [5, 5.41) is 12.7. The zero-order chi connectivity index (χ0) is 14.5. The van der Waals surface area contributed by atoms with Gasteiger partial charge in [-0.2, -0.15) is 0 Å². The first-order valence-electron chi connectivity index (χ1n) is 7.10. The summed E-state index contributed by atoms with van der Waals surface area (Å²) in [7, 11) is 3.44. The molecular formula is C14H28N2O3. The minimum atomic E-state index is -0.803. The van der Waals surface area contributed by atoms with Crippen LogP contribution in [0.2, 0.25) is 0 Å². The largest absolute Gasteiger partial charge is 0.480 e. The summed E-state index contributed by atoms with van der Waals surface area (Å²) in [6.07, 6.45) is 2.01. The highest BCUT2D eigenvalue weighted by Crippen LogP contribution is 2.40. The van der Waals surface area contributed by atoms with Crippen molar-refractivity contribution in [2.24, 2.45) is 11.8 Å². The fourth-order valence-corrected chi connectivity index (χ4v) is 2.66. The van der Waals surface area contributed by atoms with Crippen molar-refractivity contribution in [3.05, 3.63) is 0 Å². The summed E-state index contributed by atoms with van der Waals surface area (Å²) in [6, 6.07) is 0. The van der Waals surface area contributed by atoms with Gasteiger partial charge in [-0.15, -0.1) is 0 Å². The number of hydrogen-bond donors (Lipinski definition) is 2. The first-order chi connectivity index (χ1) is 8.96. The van der Waals surface area contributed by atoms with E-state index < -0.39 is 11.5 Å². The number of carboxylic acids is 1. The Morgan fingerprint density at radius 1 is 1.53 bits per heavy atom. The molecule has 0 spiro atoms. The fraction of sp³-hybridized carbons (Fsp3) is 0.929. The summed E-state index contributed by atoms with van der Waals surface area (Å²) in [5.41, 5.74) is -0.803. The quantitative estimate of drug-likeness (QED) is 0.622. The van der Waals surface area contributed by atoms with Crippen LogP contribution in [-0.4, -0.2) is 61.9 Å². The van der Waals surface area contributed by atoms with Crippen molar-refractivity contribution in [1.29, 1.82) is 0 Å². The van der Waals surface area contributed by atoms with E-state index >= 15 is 0 Å². The van der Waals surface area contributed by atoms with Crippen molar-refractivity contribution >= 4 is 5.97 Å². The van der Waals surface area contributed by atoms with Crippen LogP contribution in [0.4, 0.5) is 0 Å². The van der Waals surface area contributed by atoms with Gasteiger partial charge in [0.25, 0.3) is 0 Å². The molecule has 112 valence electrons. The second-order valence-electron chi connectivity index (χ2n) is 5.92. The molecule has 0 aromatic carbocycles. The molecule has 1 saturated carbocycles. The van der Waals surface area contributed by atoms with E-state index in [1.54, 1.807) is 14.2 Å². The highest BCUT2D eigenvalue weighted by atomic mass is 16.5. The topological polar surface area (TPSA) is 61.8 Å². The van der Waals surface area contributed by atoms with Crippen molar-refractivity contribution in [2.75, 3.05) is 40.4 Å². The number of carboxylic acid groups (broad SMARTS) is 1. The molecule has 0 saturated heterocycles. The monoisotopic (exact) mass is 272 g/mol. The van der Waals surface area contributed by atoms with E-state index in [0.29, 0.717) is 19.1 Å². The Bertz CT molecular complexity index is 292. The molecule has 1 rings (SSSR count). The normalized spacial score (nSPS) is 18.8. The molecule has 1 aliphatic rings.